The van der Waals surface area contributed by atoms with Crippen molar-refractivity contribution in [1.29, 1.82) is 0 Å². The van der Waals surface area contributed by atoms with Crippen molar-refractivity contribution in [2.75, 3.05) is 11.4 Å². The van der Waals surface area contributed by atoms with E-state index in [0.29, 0.717) is 6.04 Å². The summed E-state index contributed by atoms with van der Waals surface area (Å²) >= 11 is 0. The fraction of sp³-hybridized carbons (Fsp3) is 0.667. The lowest BCUT2D eigenvalue weighted by molar-refractivity contribution is 0.421. The van der Waals surface area contributed by atoms with Crippen molar-refractivity contribution in [3.8, 4) is 0 Å². The van der Waals surface area contributed by atoms with Crippen molar-refractivity contribution in [3.05, 3.63) is 24.0 Å². The first-order valence-corrected chi connectivity index (χ1v) is 6.92. The zero-order chi connectivity index (χ0) is 13.2. The average Bonchev–Trinajstić information content (AvgIpc) is 2.72. The maximum atomic E-state index is 4.45. The summed E-state index contributed by atoms with van der Waals surface area (Å²) in [5.41, 5.74) is 2.58. The van der Waals surface area contributed by atoms with Crippen LogP contribution in [0, 0.1) is 0 Å². The highest BCUT2D eigenvalue weighted by Gasteiger charge is 2.20. The Hall–Kier alpha value is -1.09. The summed E-state index contributed by atoms with van der Waals surface area (Å²) in [7, 11) is 0. The van der Waals surface area contributed by atoms with Crippen molar-refractivity contribution >= 4 is 5.69 Å². The number of pyridine rings is 1. The molecule has 3 nitrogen and oxygen atoms in total. The van der Waals surface area contributed by atoms with Crippen molar-refractivity contribution in [2.24, 2.45) is 0 Å². The molecule has 2 rings (SSSR count). The average molecular weight is 247 g/mol. The molecular weight excluding hydrogens is 222 g/mol. The van der Waals surface area contributed by atoms with Crippen LogP contribution < -0.4 is 10.2 Å². The molecule has 0 radical (unpaired) electrons. The van der Waals surface area contributed by atoms with Gasteiger partial charge in [-0.25, -0.2) is 0 Å². The lowest BCUT2D eigenvalue weighted by Crippen LogP contribution is -2.35. The Labute approximate surface area is 111 Å². The lowest BCUT2D eigenvalue weighted by atomic mass is 10.1. The highest BCUT2D eigenvalue weighted by Crippen LogP contribution is 2.25. The van der Waals surface area contributed by atoms with E-state index in [1.54, 1.807) is 0 Å². The Morgan fingerprint density at radius 2 is 2.22 bits per heavy atom. The Balaban J connectivity index is 2.05. The topological polar surface area (TPSA) is 28.2 Å². The van der Waals surface area contributed by atoms with Gasteiger partial charge < -0.3 is 10.2 Å². The number of anilines is 1. The first kappa shape index (κ1) is 13.3. The molecule has 3 heteroatoms. The molecular formula is C15H25N3. The zero-order valence-electron chi connectivity index (χ0n) is 12.0. The van der Waals surface area contributed by atoms with Crippen molar-refractivity contribution in [2.45, 2.75) is 58.7 Å². The third-order valence-electron chi connectivity index (χ3n) is 3.48. The number of nitrogens with zero attached hydrogens (tertiary/aromatic N) is 2. The Morgan fingerprint density at radius 1 is 1.44 bits per heavy atom. The van der Waals surface area contributed by atoms with Gasteiger partial charge in [-0.05, 0) is 52.7 Å². The molecule has 1 aliphatic heterocycles. The fourth-order valence-corrected chi connectivity index (χ4v) is 2.41. The second-order valence-electron chi connectivity index (χ2n) is 6.29. The highest BCUT2D eigenvalue weighted by molar-refractivity contribution is 5.48. The normalized spacial score (nSPS) is 20.4. The van der Waals surface area contributed by atoms with E-state index in [0.717, 1.165) is 12.2 Å². The van der Waals surface area contributed by atoms with E-state index in [9.17, 15) is 0 Å². The largest absolute Gasteiger partial charge is 0.369 e. The van der Waals surface area contributed by atoms with Crippen LogP contribution in [0.5, 0.6) is 0 Å². The van der Waals surface area contributed by atoms with Gasteiger partial charge in [0.2, 0.25) is 0 Å². The van der Waals surface area contributed by atoms with Gasteiger partial charge in [-0.2, -0.15) is 0 Å². The molecule has 1 fully saturated rings. The van der Waals surface area contributed by atoms with Crippen LogP contribution in [0.1, 0.15) is 46.2 Å². The van der Waals surface area contributed by atoms with Gasteiger partial charge in [0, 0.05) is 36.6 Å². The van der Waals surface area contributed by atoms with Gasteiger partial charge in [0.25, 0.3) is 0 Å². The molecule has 1 aliphatic rings. The zero-order valence-corrected chi connectivity index (χ0v) is 12.0. The van der Waals surface area contributed by atoms with E-state index in [1.165, 1.54) is 25.1 Å². The van der Waals surface area contributed by atoms with Crippen LogP contribution in [0.2, 0.25) is 0 Å². The minimum atomic E-state index is 0.138. The van der Waals surface area contributed by atoms with E-state index < -0.39 is 0 Å². The molecule has 0 bridgehead atoms. The minimum absolute atomic E-state index is 0.138. The van der Waals surface area contributed by atoms with Crippen molar-refractivity contribution < 1.29 is 0 Å². The van der Waals surface area contributed by atoms with Crippen molar-refractivity contribution in [1.82, 2.24) is 10.3 Å². The van der Waals surface area contributed by atoms with E-state index in [4.69, 9.17) is 0 Å². The van der Waals surface area contributed by atoms with Crippen LogP contribution in [0.25, 0.3) is 0 Å². The third-order valence-corrected chi connectivity index (χ3v) is 3.48. The van der Waals surface area contributed by atoms with E-state index in [2.05, 4.69) is 55.0 Å². The summed E-state index contributed by atoms with van der Waals surface area (Å²) in [4.78, 5) is 6.94. The highest BCUT2D eigenvalue weighted by atomic mass is 15.2. The van der Waals surface area contributed by atoms with Gasteiger partial charge in [-0.1, -0.05) is 0 Å². The number of hydrogen-bond donors (Lipinski definition) is 1. The molecule has 0 aromatic carbocycles. The first-order chi connectivity index (χ1) is 8.46. The van der Waals surface area contributed by atoms with Crippen LogP contribution >= 0.6 is 0 Å². The Kier molecular flexibility index (Phi) is 3.91. The van der Waals surface area contributed by atoms with Crippen LogP contribution in [0.4, 0.5) is 5.69 Å². The smallest absolute Gasteiger partial charge is 0.0562 e. The molecule has 1 aromatic rings. The molecule has 0 aliphatic carbocycles. The van der Waals surface area contributed by atoms with Crippen LogP contribution in [-0.2, 0) is 6.54 Å². The van der Waals surface area contributed by atoms with Gasteiger partial charge in [-0.3, -0.25) is 4.98 Å². The van der Waals surface area contributed by atoms with Crippen molar-refractivity contribution in [3.63, 3.8) is 0 Å². The van der Waals surface area contributed by atoms with Crippen LogP contribution in [-0.4, -0.2) is 23.1 Å². The maximum Gasteiger partial charge on any atom is 0.0562 e. The van der Waals surface area contributed by atoms with Gasteiger partial charge in [-0.15, -0.1) is 0 Å². The SMILES string of the molecule is CC1CCCN1c1ccnc(CNC(C)(C)C)c1. The Bertz CT molecular complexity index is 395. The van der Waals surface area contributed by atoms with Gasteiger partial charge in [0.05, 0.1) is 5.69 Å². The summed E-state index contributed by atoms with van der Waals surface area (Å²) in [5, 5.41) is 3.49. The standard InChI is InChI=1S/C15H25N3/c1-12-6-5-9-18(12)14-7-8-16-13(10-14)11-17-15(2,3)4/h7-8,10,12,17H,5-6,9,11H2,1-4H3. The third kappa shape index (κ3) is 3.45. The number of hydrogen-bond acceptors (Lipinski definition) is 3. The minimum Gasteiger partial charge on any atom is -0.369 e. The lowest BCUT2D eigenvalue weighted by Gasteiger charge is -2.25. The summed E-state index contributed by atoms with van der Waals surface area (Å²) in [6.45, 7) is 10.9. The molecule has 2 heterocycles. The molecule has 1 unspecified atom stereocenters. The predicted octanol–water partition coefficient (Wildman–Crippen LogP) is 2.96. The van der Waals surface area contributed by atoms with Crippen LogP contribution in [0.15, 0.2) is 18.3 Å². The molecule has 18 heavy (non-hydrogen) atoms. The molecule has 0 spiro atoms. The Morgan fingerprint density at radius 3 is 2.83 bits per heavy atom. The molecule has 0 amide bonds. The van der Waals surface area contributed by atoms with Gasteiger partial charge in [0.15, 0.2) is 0 Å². The molecule has 0 saturated carbocycles. The summed E-state index contributed by atoms with van der Waals surface area (Å²) in [6, 6.07) is 5.01. The van der Waals surface area contributed by atoms with Gasteiger partial charge >= 0.3 is 0 Å². The quantitative estimate of drug-likeness (QED) is 0.890. The monoisotopic (exact) mass is 247 g/mol. The fourth-order valence-electron chi connectivity index (χ4n) is 2.41. The first-order valence-electron chi connectivity index (χ1n) is 6.92. The number of nitrogens with one attached hydrogen (secondary N) is 1. The maximum absolute atomic E-state index is 4.45. The number of aromatic nitrogens is 1. The van der Waals surface area contributed by atoms with E-state index in [1.807, 2.05) is 6.20 Å². The van der Waals surface area contributed by atoms with Gasteiger partial charge in [0.1, 0.15) is 0 Å². The predicted molar refractivity (Wildman–Crippen MR) is 76.9 cm³/mol. The molecule has 1 atom stereocenters. The molecule has 1 N–H and O–H groups in total. The van der Waals surface area contributed by atoms with Crippen LogP contribution in [0.3, 0.4) is 0 Å². The second kappa shape index (κ2) is 5.27. The molecule has 1 saturated heterocycles. The summed E-state index contributed by atoms with van der Waals surface area (Å²) in [5.74, 6) is 0. The molecule has 100 valence electrons. The van der Waals surface area contributed by atoms with E-state index >= 15 is 0 Å². The summed E-state index contributed by atoms with van der Waals surface area (Å²) < 4.78 is 0. The summed E-state index contributed by atoms with van der Waals surface area (Å²) in [6.07, 6.45) is 4.54. The second-order valence-corrected chi connectivity index (χ2v) is 6.29. The number of rotatable bonds is 3. The molecule has 1 aromatic heterocycles. The van der Waals surface area contributed by atoms with E-state index in [-0.39, 0.29) is 5.54 Å².